The molecule has 0 aliphatic rings. The summed E-state index contributed by atoms with van der Waals surface area (Å²) in [6.45, 7) is -0.215. The SMILES string of the molecule is O=C(NCc1ccc(F)cc1F)c1cnc2c(O)cccn2c1=O. The van der Waals surface area contributed by atoms with Crippen molar-refractivity contribution in [2.45, 2.75) is 6.54 Å². The Kier molecular flexibility index (Phi) is 3.95. The van der Waals surface area contributed by atoms with Crippen molar-refractivity contribution in [1.82, 2.24) is 14.7 Å². The lowest BCUT2D eigenvalue weighted by atomic mass is 10.2. The molecule has 0 spiro atoms. The van der Waals surface area contributed by atoms with E-state index in [4.69, 9.17) is 0 Å². The van der Waals surface area contributed by atoms with Gasteiger partial charge < -0.3 is 10.4 Å². The Hall–Kier alpha value is -3.29. The molecule has 2 heterocycles. The lowest BCUT2D eigenvalue weighted by molar-refractivity contribution is 0.0948. The number of benzene rings is 1. The average molecular weight is 331 g/mol. The van der Waals surface area contributed by atoms with Crippen molar-refractivity contribution in [1.29, 1.82) is 0 Å². The van der Waals surface area contributed by atoms with Gasteiger partial charge in [-0.1, -0.05) is 6.07 Å². The number of hydrogen-bond donors (Lipinski definition) is 2. The molecule has 0 aliphatic carbocycles. The van der Waals surface area contributed by atoms with E-state index in [0.29, 0.717) is 6.07 Å². The molecule has 0 bridgehead atoms. The Morgan fingerprint density at radius 3 is 2.83 bits per heavy atom. The molecule has 2 aromatic heterocycles. The van der Waals surface area contributed by atoms with Gasteiger partial charge in [0.15, 0.2) is 11.4 Å². The molecule has 3 aromatic rings. The Labute approximate surface area is 134 Å². The molecule has 122 valence electrons. The summed E-state index contributed by atoms with van der Waals surface area (Å²) < 4.78 is 27.4. The van der Waals surface area contributed by atoms with Crippen molar-refractivity contribution in [3.63, 3.8) is 0 Å². The third-order valence-electron chi connectivity index (χ3n) is 3.41. The molecule has 0 radical (unpaired) electrons. The van der Waals surface area contributed by atoms with Gasteiger partial charge >= 0.3 is 0 Å². The Morgan fingerprint density at radius 1 is 1.29 bits per heavy atom. The molecule has 1 amide bonds. The number of carbonyl (C=O) groups excluding carboxylic acids is 1. The highest BCUT2D eigenvalue weighted by atomic mass is 19.1. The van der Waals surface area contributed by atoms with E-state index in [1.54, 1.807) is 0 Å². The largest absolute Gasteiger partial charge is 0.504 e. The first-order valence-electron chi connectivity index (χ1n) is 6.89. The normalized spacial score (nSPS) is 10.8. The van der Waals surface area contributed by atoms with Gasteiger partial charge in [0, 0.05) is 30.6 Å². The number of aromatic nitrogens is 2. The van der Waals surface area contributed by atoms with Crippen molar-refractivity contribution >= 4 is 11.6 Å². The zero-order valence-electron chi connectivity index (χ0n) is 12.2. The highest BCUT2D eigenvalue weighted by Crippen LogP contribution is 2.13. The summed E-state index contributed by atoms with van der Waals surface area (Å²) in [4.78, 5) is 28.3. The van der Waals surface area contributed by atoms with E-state index in [9.17, 15) is 23.5 Å². The van der Waals surface area contributed by atoms with Crippen LogP contribution in [0.3, 0.4) is 0 Å². The average Bonchev–Trinajstić information content (AvgIpc) is 2.55. The van der Waals surface area contributed by atoms with Crippen molar-refractivity contribution in [3.05, 3.63) is 75.8 Å². The smallest absolute Gasteiger partial charge is 0.270 e. The van der Waals surface area contributed by atoms with Crippen LogP contribution in [0, 0.1) is 11.6 Å². The van der Waals surface area contributed by atoms with E-state index in [1.165, 1.54) is 24.4 Å². The van der Waals surface area contributed by atoms with E-state index in [-0.39, 0.29) is 29.1 Å². The van der Waals surface area contributed by atoms with Gasteiger partial charge in [-0.15, -0.1) is 0 Å². The summed E-state index contributed by atoms with van der Waals surface area (Å²) in [6.07, 6.45) is 2.40. The molecule has 0 fully saturated rings. The van der Waals surface area contributed by atoms with E-state index >= 15 is 0 Å². The second kappa shape index (κ2) is 6.07. The number of nitrogens with one attached hydrogen (secondary N) is 1. The molecule has 0 saturated carbocycles. The fraction of sp³-hybridized carbons (Fsp3) is 0.0625. The number of amides is 1. The predicted molar refractivity (Wildman–Crippen MR) is 80.7 cm³/mol. The van der Waals surface area contributed by atoms with Crippen LogP contribution in [0.4, 0.5) is 8.78 Å². The first kappa shape index (κ1) is 15.6. The van der Waals surface area contributed by atoms with Crippen LogP contribution >= 0.6 is 0 Å². The predicted octanol–water partition coefficient (Wildman–Crippen LogP) is 1.61. The Bertz CT molecular complexity index is 1000. The van der Waals surface area contributed by atoms with Gasteiger partial charge in [0.2, 0.25) is 0 Å². The van der Waals surface area contributed by atoms with E-state index in [1.807, 2.05) is 0 Å². The van der Waals surface area contributed by atoms with E-state index in [0.717, 1.165) is 16.7 Å². The van der Waals surface area contributed by atoms with Gasteiger partial charge in [-0.05, 0) is 18.2 Å². The summed E-state index contributed by atoms with van der Waals surface area (Å²) in [6, 6.07) is 5.77. The van der Waals surface area contributed by atoms with E-state index in [2.05, 4.69) is 10.3 Å². The molecular weight excluding hydrogens is 320 g/mol. The van der Waals surface area contributed by atoms with Crippen molar-refractivity contribution in [2.24, 2.45) is 0 Å². The highest BCUT2D eigenvalue weighted by Gasteiger charge is 2.15. The number of carbonyl (C=O) groups is 1. The third-order valence-corrected chi connectivity index (χ3v) is 3.41. The lowest BCUT2D eigenvalue weighted by Crippen LogP contribution is -2.31. The summed E-state index contributed by atoms with van der Waals surface area (Å²) in [5.41, 5.74) is -0.839. The number of aromatic hydroxyl groups is 1. The van der Waals surface area contributed by atoms with Crippen LogP contribution in [0.25, 0.3) is 5.65 Å². The molecule has 1 aromatic carbocycles. The molecule has 0 atom stereocenters. The first-order chi connectivity index (χ1) is 11.5. The summed E-state index contributed by atoms with van der Waals surface area (Å²) in [5.74, 6) is -2.48. The molecule has 6 nitrogen and oxygen atoms in total. The Balaban J connectivity index is 1.86. The number of halogens is 2. The van der Waals surface area contributed by atoms with Gasteiger partial charge in [-0.2, -0.15) is 0 Å². The van der Waals surface area contributed by atoms with Crippen LogP contribution in [-0.2, 0) is 6.54 Å². The van der Waals surface area contributed by atoms with Gasteiger partial charge in [0.25, 0.3) is 11.5 Å². The molecule has 0 saturated heterocycles. The highest BCUT2D eigenvalue weighted by molar-refractivity contribution is 5.93. The fourth-order valence-electron chi connectivity index (χ4n) is 2.18. The molecule has 0 aliphatic heterocycles. The standard InChI is InChI=1S/C16H11F2N3O3/c17-10-4-3-9(12(18)6-10)7-20-15(23)11-8-19-14-13(22)2-1-5-21(14)16(11)24/h1-6,8,22H,7H2,(H,20,23). The number of rotatable bonds is 3. The summed E-state index contributed by atoms with van der Waals surface area (Å²) >= 11 is 0. The lowest BCUT2D eigenvalue weighted by Gasteiger charge is -2.07. The van der Waals surface area contributed by atoms with Gasteiger partial charge in [0.1, 0.15) is 17.2 Å². The summed E-state index contributed by atoms with van der Waals surface area (Å²) in [5, 5.41) is 12.0. The van der Waals surface area contributed by atoms with Gasteiger partial charge in [-0.3, -0.25) is 14.0 Å². The van der Waals surface area contributed by atoms with Gasteiger partial charge in [-0.25, -0.2) is 13.8 Å². The van der Waals surface area contributed by atoms with E-state index < -0.39 is 23.1 Å². The zero-order valence-corrected chi connectivity index (χ0v) is 12.2. The monoisotopic (exact) mass is 331 g/mol. The van der Waals surface area contributed by atoms with Crippen LogP contribution in [0.15, 0.2) is 47.5 Å². The minimum atomic E-state index is -0.798. The number of pyridine rings is 1. The minimum absolute atomic E-state index is 0.0172. The molecule has 24 heavy (non-hydrogen) atoms. The van der Waals surface area contributed by atoms with Crippen molar-refractivity contribution < 1.29 is 18.7 Å². The Morgan fingerprint density at radius 2 is 2.08 bits per heavy atom. The number of nitrogens with zero attached hydrogens (tertiary/aromatic N) is 2. The van der Waals surface area contributed by atoms with Crippen LogP contribution in [0.2, 0.25) is 0 Å². The van der Waals surface area contributed by atoms with Crippen LogP contribution in [-0.4, -0.2) is 20.4 Å². The van der Waals surface area contributed by atoms with Crippen LogP contribution < -0.4 is 10.9 Å². The maximum Gasteiger partial charge on any atom is 0.270 e. The second-order valence-electron chi connectivity index (χ2n) is 4.98. The molecule has 3 rings (SSSR count). The van der Waals surface area contributed by atoms with Crippen LogP contribution in [0.5, 0.6) is 5.75 Å². The molecule has 0 unspecified atom stereocenters. The number of hydrogen-bond acceptors (Lipinski definition) is 4. The summed E-state index contributed by atoms with van der Waals surface area (Å²) in [7, 11) is 0. The second-order valence-corrected chi connectivity index (χ2v) is 4.98. The van der Waals surface area contributed by atoms with Crippen molar-refractivity contribution in [3.8, 4) is 5.75 Å². The molecule has 2 N–H and O–H groups in total. The molecular formula is C16H11F2N3O3. The first-order valence-corrected chi connectivity index (χ1v) is 6.89. The minimum Gasteiger partial charge on any atom is -0.504 e. The maximum absolute atomic E-state index is 13.5. The zero-order chi connectivity index (χ0) is 17.3. The third kappa shape index (κ3) is 2.81. The quantitative estimate of drug-likeness (QED) is 0.764. The van der Waals surface area contributed by atoms with Crippen molar-refractivity contribution in [2.75, 3.05) is 0 Å². The van der Waals surface area contributed by atoms with Gasteiger partial charge in [0.05, 0.1) is 0 Å². The molecule has 8 heteroatoms. The fourth-order valence-corrected chi connectivity index (χ4v) is 2.18. The maximum atomic E-state index is 13.5. The topological polar surface area (TPSA) is 83.7 Å². The van der Waals surface area contributed by atoms with Crippen LogP contribution in [0.1, 0.15) is 15.9 Å². The number of fused-ring (bicyclic) bond motifs is 1.